The van der Waals surface area contributed by atoms with Gasteiger partial charge in [-0.1, -0.05) is 58.0 Å². The molecule has 52 heavy (non-hydrogen) atoms. The van der Waals surface area contributed by atoms with E-state index >= 15 is 0 Å². The van der Waals surface area contributed by atoms with Crippen molar-refractivity contribution in [2.45, 2.75) is 109 Å². The lowest BCUT2D eigenvalue weighted by molar-refractivity contribution is -0.143. The first kappa shape index (κ1) is 44.8. The first-order chi connectivity index (χ1) is 24.3. The molecule has 6 atom stereocenters. The summed E-state index contributed by atoms with van der Waals surface area (Å²) in [6.45, 7) is 8.86. The van der Waals surface area contributed by atoms with Crippen LogP contribution in [0.1, 0.15) is 72.3 Å². The molecule has 6 amide bonds. The molecule has 1 rings (SSSR count). The van der Waals surface area contributed by atoms with Crippen molar-refractivity contribution >= 4 is 47.4 Å². The molecule has 18 nitrogen and oxygen atoms in total. The van der Waals surface area contributed by atoms with E-state index in [0.29, 0.717) is 12.0 Å². The van der Waals surface area contributed by atoms with E-state index in [-0.39, 0.29) is 50.0 Å². The van der Waals surface area contributed by atoms with E-state index in [0.717, 1.165) is 0 Å². The number of amides is 6. The summed E-state index contributed by atoms with van der Waals surface area (Å²) in [5.74, 6) is -6.28. The minimum absolute atomic E-state index is 0.0425. The molecule has 0 aliphatic carbocycles. The fourth-order valence-corrected chi connectivity index (χ4v) is 5.02. The number of carbonyl (C=O) groups is 7. The van der Waals surface area contributed by atoms with Gasteiger partial charge in [-0.2, -0.15) is 0 Å². The summed E-state index contributed by atoms with van der Waals surface area (Å²) < 4.78 is 0. The molecule has 0 fully saturated rings. The van der Waals surface area contributed by atoms with E-state index in [2.05, 4.69) is 31.6 Å². The third kappa shape index (κ3) is 17.6. The number of carboxylic acids is 1. The first-order valence-corrected chi connectivity index (χ1v) is 17.2. The van der Waals surface area contributed by atoms with Crippen LogP contribution in [0.15, 0.2) is 35.3 Å². The molecule has 0 heterocycles. The number of nitrogens with two attached hydrogens (primary N) is 4. The van der Waals surface area contributed by atoms with Crippen molar-refractivity contribution in [2.24, 2.45) is 39.8 Å². The van der Waals surface area contributed by atoms with Gasteiger partial charge in [0.05, 0.1) is 12.5 Å². The van der Waals surface area contributed by atoms with E-state index in [1.165, 1.54) is 6.92 Å². The average Bonchev–Trinajstić information content (AvgIpc) is 3.04. The van der Waals surface area contributed by atoms with Gasteiger partial charge in [0.25, 0.3) is 0 Å². The quantitative estimate of drug-likeness (QED) is 0.0337. The highest BCUT2D eigenvalue weighted by molar-refractivity contribution is 5.97. The largest absolute Gasteiger partial charge is 0.480 e. The summed E-state index contributed by atoms with van der Waals surface area (Å²) in [5.41, 5.74) is 22.6. The summed E-state index contributed by atoms with van der Waals surface area (Å²) in [6, 6.07) is 1.25. The number of primary amides is 1. The molecule has 0 aromatic heterocycles. The molecular formula is C34H56N10O8. The number of hydrogen-bond donors (Lipinski definition) is 10. The molecule has 0 aliphatic rings. The number of aliphatic carboxylic acids is 1. The van der Waals surface area contributed by atoms with Crippen molar-refractivity contribution < 1.29 is 38.7 Å². The van der Waals surface area contributed by atoms with Crippen molar-refractivity contribution in [2.75, 3.05) is 6.54 Å². The minimum Gasteiger partial charge on any atom is -0.480 e. The van der Waals surface area contributed by atoms with E-state index < -0.39 is 84.1 Å². The number of rotatable bonds is 23. The van der Waals surface area contributed by atoms with Crippen LogP contribution >= 0.6 is 0 Å². The molecule has 14 N–H and O–H groups in total. The van der Waals surface area contributed by atoms with Crippen LogP contribution in [0.5, 0.6) is 0 Å². The van der Waals surface area contributed by atoms with Gasteiger partial charge in [-0.25, -0.2) is 4.79 Å². The second-order valence-corrected chi connectivity index (χ2v) is 13.5. The van der Waals surface area contributed by atoms with Gasteiger partial charge < -0.3 is 54.6 Å². The monoisotopic (exact) mass is 732 g/mol. The summed E-state index contributed by atoms with van der Waals surface area (Å²) in [5, 5.41) is 22.2. The summed E-state index contributed by atoms with van der Waals surface area (Å²) in [7, 11) is 0. The summed E-state index contributed by atoms with van der Waals surface area (Å²) >= 11 is 0. The molecule has 1 aromatic carbocycles. The van der Waals surface area contributed by atoms with Crippen LogP contribution in [0.4, 0.5) is 0 Å². The number of nitrogens with one attached hydrogen (secondary N) is 5. The fourth-order valence-electron chi connectivity index (χ4n) is 5.02. The Bertz CT molecular complexity index is 1400. The Balaban J connectivity index is 3.10. The number of hydrogen-bond acceptors (Lipinski definition) is 9. The number of aliphatic imine (C=N–C) groups is 1. The zero-order valence-electron chi connectivity index (χ0n) is 30.5. The van der Waals surface area contributed by atoms with Gasteiger partial charge in [0.2, 0.25) is 35.4 Å². The van der Waals surface area contributed by atoms with E-state index in [4.69, 9.17) is 22.9 Å². The molecule has 6 unspecified atom stereocenters. The molecule has 0 aliphatic heterocycles. The molecule has 0 saturated carbocycles. The fraction of sp³-hybridized carbons (Fsp3) is 0.588. The Morgan fingerprint density at radius 1 is 0.673 bits per heavy atom. The molecule has 290 valence electrons. The highest BCUT2D eigenvalue weighted by atomic mass is 16.4. The van der Waals surface area contributed by atoms with Crippen LogP contribution in [-0.2, 0) is 40.0 Å². The second kappa shape index (κ2) is 22.5. The van der Waals surface area contributed by atoms with E-state index in [1.54, 1.807) is 44.2 Å². The predicted molar refractivity (Wildman–Crippen MR) is 194 cm³/mol. The lowest BCUT2D eigenvalue weighted by Gasteiger charge is -2.26. The predicted octanol–water partition coefficient (Wildman–Crippen LogP) is -1.89. The zero-order chi connectivity index (χ0) is 39.5. The van der Waals surface area contributed by atoms with E-state index in [9.17, 15) is 38.7 Å². The number of carbonyl (C=O) groups excluding carboxylic acids is 6. The van der Waals surface area contributed by atoms with Crippen molar-refractivity contribution in [3.8, 4) is 0 Å². The SMILES string of the molecule is CC(C)CC(NC(=O)C(Cc1ccccc1)NC(=O)C(CC(N)=O)NC(=O)C(C)NC(=O)C(CC(C)C)NC(=O)C(N)CCCN=C(N)N)C(=O)O. The Kier molecular flexibility index (Phi) is 19.4. The van der Waals surface area contributed by atoms with Gasteiger partial charge in [-0.05, 0) is 50.0 Å². The third-order valence-electron chi connectivity index (χ3n) is 7.67. The van der Waals surface area contributed by atoms with Crippen LogP contribution in [0.3, 0.4) is 0 Å². The molecule has 1 aromatic rings. The number of benzene rings is 1. The first-order valence-electron chi connectivity index (χ1n) is 17.2. The molecule has 0 spiro atoms. The number of carboxylic acid groups (broad SMARTS) is 1. The molecule has 0 bridgehead atoms. The molecule has 0 saturated heterocycles. The van der Waals surface area contributed by atoms with Crippen molar-refractivity contribution in [3.63, 3.8) is 0 Å². The summed E-state index contributed by atoms with van der Waals surface area (Å²) in [6.07, 6.45) is 0.307. The zero-order valence-corrected chi connectivity index (χ0v) is 30.5. The van der Waals surface area contributed by atoms with Gasteiger partial charge in [0, 0.05) is 13.0 Å². The molecule has 0 radical (unpaired) electrons. The maximum atomic E-state index is 13.5. The van der Waals surface area contributed by atoms with Gasteiger partial charge in [-0.15, -0.1) is 0 Å². The smallest absolute Gasteiger partial charge is 0.326 e. The normalized spacial score (nSPS) is 14.5. The Labute approximate surface area is 304 Å². The number of guanidine groups is 1. The topological polar surface area (TPSA) is 316 Å². The average molecular weight is 733 g/mol. The lowest BCUT2D eigenvalue weighted by atomic mass is 10.0. The maximum absolute atomic E-state index is 13.5. The van der Waals surface area contributed by atoms with Gasteiger partial charge in [0.1, 0.15) is 30.2 Å². The van der Waals surface area contributed by atoms with Gasteiger partial charge >= 0.3 is 5.97 Å². The van der Waals surface area contributed by atoms with Crippen LogP contribution < -0.4 is 49.5 Å². The highest BCUT2D eigenvalue weighted by Gasteiger charge is 2.33. The van der Waals surface area contributed by atoms with Crippen LogP contribution in [0.25, 0.3) is 0 Å². The van der Waals surface area contributed by atoms with Crippen LogP contribution in [0, 0.1) is 11.8 Å². The third-order valence-corrected chi connectivity index (χ3v) is 7.67. The highest BCUT2D eigenvalue weighted by Crippen LogP contribution is 2.10. The van der Waals surface area contributed by atoms with Crippen LogP contribution in [-0.4, -0.2) is 95.3 Å². The van der Waals surface area contributed by atoms with Crippen LogP contribution in [0.2, 0.25) is 0 Å². The van der Waals surface area contributed by atoms with Gasteiger partial charge in [-0.3, -0.25) is 33.8 Å². The second-order valence-electron chi connectivity index (χ2n) is 13.5. The minimum atomic E-state index is -1.57. The standard InChI is InChI=1S/C34H56N10O8/c1-18(2)14-23(42-29(47)22(35)12-9-13-39-34(37)38)30(48)40-20(5)28(46)41-25(17-27(36)45)32(50)43-24(16-21-10-7-6-8-11-21)31(49)44-26(33(51)52)15-19(3)4/h6-8,10-11,18-20,22-26H,9,12-17,35H2,1-5H3,(H2,36,45)(H,40,48)(H,41,46)(H,42,47)(H,43,50)(H,44,49)(H,51,52)(H4,37,38,39). The van der Waals surface area contributed by atoms with Crippen molar-refractivity contribution in [1.82, 2.24) is 26.6 Å². The molecular weight excluding hydrogens is 676 g/mol. The maximum Gasteiger partial charge on any atom is 0.326 e. The van der Waals surface area contributed by atoms with Crippen molar-refractivity contribution in [1.29, 1.82) is 0 Å². The number of nitrogens with zero attached hydrogens (tertiary/aromatic N) is 1. The Morgan fingerprint density at radius 2 is 1.17 bits per heavy atom. The lowest BCUT2D eigenvalue weighted by Crippen LogP contribution is -2.59. The van der Waals surface area contributed by atoms with Gasteiger partial charge in [0.15, 0.2) is 5.96 Å². The molecule has 18 heteroatoms. The summed E-state index contributed by atoms with van der Waals surface area (Å²) in [4.78, 5) is 93.8. The van der Waals surface area contributed by atoms with E-state index in [1.807, 2.05) is 13.8 Å². The Hall–Kier alpha value is -5.26. The Morgan fingerprint density at radius 3 is 1.71 bits per heavy atom. The van der Waals surface area contributed by atoms with Crippen molar-refractivity contribution in [3.05, 3.63) is 35.9 Å².